The molecule has 0 unspecified atom stereocenters. The molecule has 6 heteroatoms. The maximum Gasteiger partial charge on any atom is 0.308 e. The van der Waals surface area contributed by atoms with E-state index in [4.69, 9.17) is 16.3 Å². The molecular formula is C16H20ClNO4. The molecule has 0 saturated carbocycles. The molecule has 0 aromatic heterocycles. The molecule has 120 valence electrons. The number of carbonyl (C=O) groups is 2. The number of aliphatic carboxylic acids is 1. The second kappa shape index (κ2) is 7.61. The first-order valence-corrected chi connectivity index (χ1v) is 7.74. The van der Waals surface area contributed by atoms with Crippen LogP contribution in [0.2, 0.25) is 5.02 Å². The number of rotatable bonds is 6. The fourth-order valence-corrected chi connectivity index (χ4v) is 2.83. The minimum absolute atomic E-state index is 0.00746. The molecule has 1 heterocycles. The highest BCUT2D eigenvalue weighted by Gasteiger charge is 2.40. The Hall–Kier alpha value is -1.59. The lowest BCUT2D eigenvalue weighted by atomic mass is 9.89. The first kappa shape index (κ1) is 16.8. The van der Waals surface area contributed by atoms with Crippen molar-refractivity contribution < 1.29 is 19.4 Å². The molecule has 1 aliphatic rings. The fourth-order valence-electron chi connectivity index (χ4n) is 2.70. The van der Waals surface area contributed by atoms with Gasteiger partial charge >= 0.3 is 5.97 Å². The van der Waals surface area contributed by atoms with E-state index < -0.39 is 11.9 Å². The van der Waals surface area contributed by atoms with Crippen LogP contribution < -0.4 is 0 Å². The Kier molecular flexibility index (Phi) is 5.80. The minimum atomic E-state index is -0.885. The van der Waals surface area contributed by atoms with Crippen LogP contribution in [0.25, 0.3) is 0 Å². The summed E-state index contributed by atoms with van der Waals surface area (Å²) >= 11 is 5.87. The summed E-state index contributed by atoms with van der Waals surface area (Å²) in [5, 5.41) is 10.0. The average molecular weight is 326 g/mol. The Morgan fingerprint density at radius 2 is 2.00 bits per heavy atom. The predicted octanol–water partition coefficient (Wildman–Crippen LogP) is 2.39. The summed E-state index contributed by atoms with van der Waals surface area (Å²) < 4.78 is 5.25. The summed E-state index contributed by atoms with van der Waals surface area (Å²) in [7, 11) is 0. The van der Waals surface area contributed by atoms with E-state index in [1.807, 2.05) is 19.1 Å². The SMILES string of the molecule is CCCOCC(=O)N1C[C@@H](C(=O)O)[C@H](c2ccc(Cl)cc2)C1. The van der Waals surface area contributed by atoms with Crippen molar-refractivity contribution in [3.05, 3.63) is 34.9 Å². The quantitative estimate of drug-likeness (QED) is 0.816. The third kappa shape index (κ3) is 3.99. The van der Waals surface area contributed by atoms with Crippen LogP contribution in [0.5, 0.6) is 0 Å². The Morgan fingerprint density at radius 1 is 1.32 bits per heavy atom. The van der Waals surface area contributed by atoms with Gasteiger partial charge in [0.25, 0.3) is 0 Å². The number of ether oxygens (including phenoxy) is 1. The van der Waals surface area contributed by atoms with Crippen molar-refractivity contribution in [3.63, 3.8) is 0 Å². The van der Waals surface area contributed by atoms with Gasteiger partial charge < -0.3 is 14.7 Å². The molecular weight excluding hydrogens is 306 g/mol. The van der Waals surface area contributed by atoms with Crippen LogP contribution >= 0.6 is 11.6 Å². The first-order chi connectivity index (χ1) is 10.5. The van der Waals surface area contributed by atoms with Gasteiger partial charge in [0.15, 0.2) is 0 Å². The molecule has 2 rings (SSSR count). The summed E-state index contributed by atoms with van der Waals surface area (Å²) in [6, 6.07) is 7.13. The molecule has 1 amide bonds. The average Bonchev–Trinajstić information content (AvgIpc) is 2.93. The van der Waals surface area contributed by atoms with Crippen LogP contribution in [-0.4, -0.2) is 48.2 Å². The molecule has 0 aliphatic carbocycles. The molecule has 1 N–H and O–H groups in total. The van der Waals surface area contributed by atoms with Gasteiger partial charge in [-0.1, -0.05) is 30.7 Å². The molecule has 1 fully saturated rings. The minimum Gasteiger partial charge on any atom is -0.481 e. The second-order valence-corrected chi connectivity index (χ2v) is 5.89. The Balaban J connectivity index is 2.08. The number of amides is 1. The Labute approximate surface area is 134 Å². The van der Waals surface area contributed by atoms with Gasteiger partial charge in [0.05, 0.1) is 5.92 Å². The number of benzene rings is 1. The van der Waals surface area contributed by atoms with Crippen molar-refractivity contribution >= 4 is 23.5 Å². The maximum absolute atomic E-state index is 12.1. The molecule has 1 aromatic carbocycles. The third-order valence-electron chi connectivity index (χ3n) is 3.86. The van der Waals surface area contributed by atoms with Crippen molar-refractivity contribution in [1.29, 1.82) is 0 Å². The molecule has 0 bridgehead atoms. The van der Waals surface area contributed by atoms with Crippen molar-refractivity contribution in [1.82, 2.24) is 4.90 Å². The zero-order chi connectivity index (χ0) is 16.1. The first-order valence-electron chi connectivity index (χ1n) is 7.36. The molecule has 1 saturated heterocycles. The summed E-state index contributed by atoms with van der Waals surface area (Å²) in [6.45, 7) is 3.12. The maximum atomic E-state index is 12.1. The number of likely N-dealkylation sites (tertiary alicyclic amines) is 1. The van der Waals surface area contributed by atoms with E-state index in [2.05, 4.69) is 0 Å². The smallest absolute Gasteiger partial charge is 0.308 e. The monoisotopic (exact) mass is 325 g/mol. The largest absolute Gasteiger partial charge is 0.481 e. The van der Waals surface area contributed by atoms with Crippen LogP contribution in [-0.2, 0) is 14.3 Å². The summed E-state index contributed by atoms with van der Waals surface area (Å²) in [5.74, 6) is -1.86. The zero-order valence-corrected chi connectivity index (χ0v) is 13.3. The van der Waals surface area contributed by atoms with E-state index in [0.29, 0.717) is 18.2 Å². The number of hydrogen-bond acceptors (Lipinski definition) is 3. The number of carbonyl (C=O) groups excluding carboxylic acids is 1. The highest BCUT2D eigenvalue weighted by atomic mass is 35.5. The zero-order valence-electron chi connectivity index (χ0n) is 12.5. The van der Waals surface area contributed by atoms with Gasteiger partial charge in [-0.15, -0.1) is 0 Å². The Morgan fingerprint density at radius 3 is 2.59 bits per heavy atom. The number of hydrogen-bond donors (Lipinski definition) is 1. The van der Waals surface area contributed by atoms with Gasteiger partial charge in [-0.2, -0.15) is 0 Å². The summed E-state index contributed by atoms with van der Waals surface area (Å²) in [6.07, 6.45) is 0.846. The lowest BCUT2D eigenvalue weighted by molar-refractivity contribution is -0.142. The lowest BCUT2D eigenvalue weighted by Crippen LogP contribution is -2.33. The van der Waals surface area contributed by atoms with E-state index in [-0.39, 0.29) is 25.0 Å². The number of halogens is 1. The van der Waals surface area contributed by atoms with Gasteiger partial charge in [-0.3, -0.25) is 9.59 Å². The topological polar surface area (TPSA) is 66.8 Å². The van der Waals surface area contributed by atoms with E-state index in [9.17, 15) is 14.7 Å². The molecule has 0 radical (unpaired) electrons. The summed E-state index contributed by atoms with van der Waals surface area (Å²) in [4.78, 5) is 25.2. The van der Waals surface area contributed by atoms with E-state index in [1.54, 1.807) is 17.0 Å². The van der Waals surface area contributed by atoms with Crippen molar-refractivity contribution in [2.45, 2.75) is 19.3 Å². The Bertz CT molecular complexity index is 531. The standard InChI is InChI=1S/C16H20ClNO4/c1-2-7-22-10-15(19)18-8-13(14(9-18)16(20)21)11-3-5-12(17)6-4-11/h3-6,13-14H,2,7-10H2,1H3,(H,20,21)/t13-,14+/m0/s1. The normalized spacial score (nSPS) is 21.1. The van der Waals surface area contributed by atoms with Gasteiger partial charge in [0.1, 0.15) is 6.61 Å². The fraction of sp³-hybridized carbons (Fsp3) is 0.500. The highest BCUT2D eigenvalue weighted by Crippen LogP contribution is 2.33. The van der Waals surface area contributed by atoms with Gasteiger partial charge in [-0.25, -0.2) is 0 Å². The number of carboxylic acids is 1. The highest BCUT2D eigenvalue weighted by molar-refractivity contribution is 6.30. The predicted molar refractivity (Wildman–Crippen MR) is 83.0 cm³/mol. The van der Waals surface area contributed by atoms with Crippen molar-refractivity contribution in [3.8, 4) is 0 Å². The van der Waals surface area contributed by atoms with Crippen molar-refractivity contribution in [2.75, 3.05) is 26.3 Å². The number of nitrogens with zero attached hydrogens (tertiary/aromatic N) is 1. The van der Waals surface area contributed by atoms with E-state index >= 15 is 0 Å². The third-order valence-corrected chi connectivity index (χ3v) is 4.11. The summed E-state index contributed by atoms with van der Waals surface area (Å²) in [5.41, 5.74) is 0.890. The molecule has 1 aromatic rings. The van der Waals surface area contributed by atoms with Gasteiger partial charge in [0, 0.05) is 30.6 Å². The van der Waals surface area contributed by atoms with Crippen LogP contribution in [0.4, 0.5) is 0 Å². The van der Waals surface area contributed by atoms with Crippen LogP contribution in [0.15, 0.2) is 24.3 Å². The van der Waals surface area contributed by atoms with Crippen LogP contribution in [0.3, 0.4) is 0 Å². The van der Waals surface area contributed by atoms with Crippen LogP contribution in [0.1, 0.15) is 24.8 Å². The second-order valence-electron chi connectivity index (χ2n) is 5.45. The van der Waals surface area contributed by atoms with E-state index in [1.165, 1.54) is 0 Å². The number of carboxylic acid groups (broad SMARTS) is 1. The molecule has 22 heavy (non-hydrogen) atoms. The molecule has 2 atom stereocenters. The van der Waals surface area contributed by atoms with Gasteiger partial charge in [0.2, 0.25) is 5.91 Å². The lowest BCUT2D eigenvalue weighted by Gasteiger charge is -2.16. The van der Waals surface area contributed by atoms with Gasteiger partial charge in [-0.05, 0) is 24.1 Å². The van der Waals surface area contributed by atoms with Crippen LogP contribution in [0, 0.1) is 5.92 Å². The van der Waals surface area contributed by atoms with E-state index in [0.717, 1.165) is 12.0 Å². The van der Waals surface area contributed by atoms with Crippen molar-refractivity contribution in [2.24, 2.45) is 5.92 Å². The molecule has 1 aliphatic heterocycles. The molecule has 5 nitrogen and oxygen atoms in total. The molecule has 0 spiro atoms.